The predicted molar refractivity (Wildman–Crippen MR) is 229 cm³/mol. The van der Waals surface area contributed by atoms with Crippen LogP contribution in [0.15, 0.2) is 128 Å². The van der Waals surface area contributed by atoms with E-state index >= 15 is 0 Å². The van der Waals surface area contributed by atoms with Crippen LogP contribution in [0.1, 0.15) is 67.7 Å². The van der Waals surface area contributed by atoms with Crippen molar-refractivity contribution < 1.29 is 40.9 Å². The van der Waals surface area contributed by atoms with Gasteiger partial charge >= 0.3 is 12.4 Å². The molecule has 15 heteroatoms. The van der Waals surface area contributed by atoms with Crippen LogP contribution in [0, 0.1) is 19.7 Å². The van der Waals surface area contributed by atoms with Crippen LogP contribution in [0.25, 0.3) is 21.8 Å². The molecule has 0 bridgehead atoms. The summed E-state index contributed by atoms with van der Waals surface area (Å²) in [5, 5.41) is 24.3. The van der Waals surface area contributed by atoms with Crippen molar-refractivity contribution in [2.24, 2.45) is 0 Å². The number of aromatic nitrogens is 4. The monoisotopic (exact) mass is 902 g/mol. The minimum absolute atomic E-state index is 0.00890. The lowest BCUT2D eigenvalue weighted by molar-refractivity contribution is -0.138. The molecule has 0 saturated carbocycles. The highest BCUT2D eigenvalue weighted by Gasteiger charge is 2.33. The third-order valence-corrected chi connectivity index (χ3v) is 11.2. The molecule has 2 atom stereocenters. The first-order valence-electron chi connectivity index (χ1n) is 19.3. The van der Waals surface area contributed by atoms with Gasteiger partial charge in [-0.1, -0.05) is 77.8 Å². The first-order valence-corrected chi connectivity index (χ1v) is 20.0. The van der Waals surface area contributed by atoms with E-state index in [0.29, 0.717) is 61.3 Å². The lowest BCUT2D eigenvalue weighted by Gasteiger charge is -2.22. The fourth-order valence-corrected chi connectivity index (χ4v) is 7.91. The summed E-state index contributed by atoms with van der Waals surface area (Å²) in [5.74, 6) is -2.40. The smallest absolute Gasteiger partial charge is 0.416 e. The van der Waals surface area contributed by atoms with Crippen LogP contribution in [0.2, 0.25) is 10.0 Å². The second kappa shape index (κ2) is 18.2. The van der Waals surface area contributed by atoms with Gasteiger partial charge in [0, 0.05) is 82.8 Å². The van der Waals surface area contributed by atoms with Gasteiger partial charge in [-0.2, -0.15) is 26.3 Å². The maximum atomic E-state index is 15.0. The molecule has 6 nitrogen and oxygen atoms in total. The number of hydrogen-bond donors (Lipinski definition) is 2. The Bertz CT molecular complexity index is 2950. The summed E-state index contributed by atoms with van der Waals surface area (Å²) < 4.78 is 93.3. The fraction of sp³-hybridized carbons (Fsp3) is 0.167. The van der Waals surface area contributed by atoms with Gasteiger partial charge in [-0.3, -0.25) is 19.9 Å². The highest BCUT2D eigenvalue weighted by Crippen LogP contribution is 2.42. The first-order chi connectivity index (χ1) is 29.9. The van der Waals surface area contributed by atoms with Gasteiger partial charge in [0.2, 0.25) is 0 Å². The summed E-state index contributed by atoms with van der Waals surface area (Å²) in [6.07, 6.45) is -2.48. The van der Waals surface area contributed by atoms with Crippen LogP contribution in [0.4, 0.5) is 30.7 Å². The molecule has 8 rings (SSSR count). The Balaban J connectivity index is 0.000000189. The topological polar surface area (TPSA) is 92.0 Å². The molecule has 63 heavy (non-hydrogen) atoms. The quantitative estimate of drug-likeness (QED) is 0.148. The number of hydrogen-bond acceptors (Lipinski definition) is 6. The van der Waals surface area contributed by atoms with E-state index in [9.17, 15) is 40.9 Å². The van der Waals surface area contributed by atoms with Crippen molar-refractivity contribution in [2.45, 2.75) is 50.9 Å². The molecule has 0 aliphatic heterocycles. The van der Waals surface area contributed by atoms with Gasteiger partial charge in [0.15, 0.2) is 0 Å². The summed E-state index contributed by atoms with van der Waals surface area (Å²) in [6, 6.07) is 25.0. The molecular formula is C48H35Cl2F7N4O2. The first kappa shape index (κ1) is 44.7. The van der Waals surface area contributed by atoms with E-state index in [1.54, 1.807) is 61.7 Å². The molecule has 2 N–H and O–H groups in total. The maximum absolute atomic E-state index is 15.0. The van der Waals surface area contributed by atoms with Crippen LogP contribution < -0.4 is 0 Å². The molecule has 0 aliphatic rings. The van der Waals surface area contributed by atoms with Crippen LogP contribution >= 0.6 is 23.2 Å². The van der Waals surface area contributed by atoms with Gasteiger partial charge in [0.25, 0.3) is 0 Å². The van der Waals surface area contributed by atoms with Crippen LogP contribution in [-0.4, -0.2) is 30.1 Å². The van der Waals surface area contributed by atoms with Crippen LogP contribution in [-0.2, 0) is 25.2 Å². The largest absolute Gasteiger partial charge is 0.505 e. The summed E-state index contributed by atoms with van der Waals surface area (Å²) in [7, 11) is 0. The Morgan fingerprint density at radius 1 is 0.540 bits per heavy atom. The van der Waals surface area contributed by atoms with Gasteiger partial charge in [0.1, 0.15) is 28.3 Å². The van der Waals surface area contributed by atoms with E-state index in [-0.39, 0.29) is 23.5 Å². The maximum Gasteiger partial charge on any atom is 0.416 e. The average molecular weight is 904 g/mol. The molecule has 0 radical (unpaired) electrons. The van der Waals surface area contributed by atoms with Gasteiger partial charge < -0.3 is 10.2 Å². The Morgan fingerprint density at radius 3 is 1.44 bits per heavy atom. The Morgan fingerprint density at radius 2 is 0.984 bits per heavy atom. The number of fused-ring (bicyclic) bond motifs is 2. The van der Waals surface area contributed by atoms with Crippen molar-refractivity contribution in [1.29, 1.82) is 0 Å². The van der Waals surface area contributed by atoms with Crippen molar-refractivity contribution >= 4 is 45.0 Å². The molecule has 0 aliphatic carbocycles. The second-order valence-electron chi connectivity index (χ2n) is 14.9. The number of phenolic OH excluding ortho intramolecular Hbond substituents is 2. The average Bonchev–Trinajstić information content (AvgIpc) is 3.24. The van der Waals surface area contributed by atoms with E-state index in [1.807, 2.05) is 19.1 Å². The van der Waals surface area contributed by atoms with Crippen molar-refractivity contribution in [3.8, 4) is 11.5 Å². The number of phenols is 2. The van der Waals surface area contributed by atoms with Gasteiger partial charge in [-0.05, 0) is 84.6 Å². The highest BCUT2D eigenvalue weighted by molar-refractivity contribution is 6.30. The van der Waals surface area contributed by atoms with E-state index in [4.69, 9.17) is 23.2 Å². The third kappa shape index (κ3) is 10.0. The highest BCUT2D eigenvalue weighted by atomic mass is 35.5. The van der Waals surface area contributed by atoms with E-state index in [0.717, 1.165) is 46.5 Å². The molecule has 2 unspecified atom stereocenters. The number of rotatable bonds is 8. The summed E-state index contributed by atoms with van der Waals surface area (Å²) >= 11 is 12.0. The van der Waals surface area contributed by atoms with E-state index in [2.05, 4.69) is 19.9 Å². The lowest BCUT2D eigenvalue weighted by Crippen LogP contribution is -2.12. The van der Waals surface area contributed by atoms with Crippen molar-refractivity contribution in [2.75, 3.05) is 0 Å². The molecule has 0 saturated heterocycles. The van der Waals surface area contributed by atoms with Crippen molar-refractivity contribution in [1.82, 2.24) is 19.9 Å². The molecule has 0 fully saturated rings. The van der Waals surface area contributed by atoms with Gasteiger partial charge in [0.05, 0.1) is 21.2 Å². The SMILES string of the molecule is Cc1cc(Cl)cnc1CC(c1ccc(C(F)(F)F)cc1)c1ccc2cccnc2c1O.Cc1cc(Cl)cnc1CC(c1ccc(C(F)(F)F)cc1F)c1ccc2cccnc2c1O. The molecule has 8 aromatic rings. The molecule has 4 aromatic carbocycles. The predicted octanol–water partition coefficient (Wildman–Crippen LogP) is 13.5. The second-order valence-corrected chi connectivity index (χ2v) is 15.7. The molecule has 322 valence electrons. The van der Waals surface area contributed by atoms with E-state index < -0.39 is 41.1 Å². The fourth-order valence-electron chi connectivity index (χ4n) is 7.49. The molecule has 0 amide bonds. The van der Waals surface area contributed by atoms with Crippen LogP contribution in [0.5, 0.6) is 11.5 Å². The summed E-state index contributed by atoms with van der Waals surface area (Å²) in [4.78, 5) is 17.2. The number of aromatic hydroxyl groups is 2. The zero-order valence-electron chi connectivity index (χ0n) is 33.3. The van der Waals surface area contributed by atoms with Gasteiger partial charge in [-0.15, -0.1) is 0 Å². The Hall–Kier alpha value is -6.31. The minimum atomic E-state index is -4.67. The van der Waals surface area contributed by atoms with Crippen LogP contribution in [0.3, 0.4) is 0 Å². The Kier molecular flexibility index (Phi) is 12.9. The number of alkyl halides is 6. The Labute approximate surface area is 366 Å². The number of aryl methyl sites for hydroxylation is 2. The molecule has 4 heterocycles. The van der Waals surface area contributed by atoms with Crippen molar-refractivity contribution in [3.63, 3.8) is 0 Å². The summed E-state index contributed by atoms with van der Waals surface area (Å²) in [6.45, 7) is 3.66. The number of nitrogens with zero attached hydrogens (tertiary/aromatic N) is 4. The standard InChI is InChI=1S/C24H17ClF4N2O.C24H18ClF3N2O/c1-13-9-16(25)12-31-21(13)11-19(17-7-5-15(10-20(17)26)24(27,28)29)18-6-4-14-3-2-8-30-22(14)23(18)32;1-14-11-18(25)13-30-21(14)12-20(15-4-7-17(8-5-15)24(26,27)28)19-9-6-16-3-2-10-29-22(16)23(19)31/h2-10,12,19,32H,11H2,1H3;2-11,13,20,31H,12H2,1H3. The van der Waals surface area contributed by atoms with Gasteiger partial charge in [-0.25, -0.2) is 4.39 Å². The lowest BCUT2D eigenvalue weighted by atomic mass is 9.84. The zero-order chi connectivity index (χ0) is 45.2. The molecule has 4 aromatic heterocycles. The number of benzene rings is 4. The zero-order valence-corrected chi connectivity index (χ0v) is 34.8. The molecular weight excluding hydrogens is 868 g/mol. The summed E-state index contributed by atoms with van der Waals surface area (Å²) in [5.41, 5.74) is 3.45. The minimum Gasteiger partial charge on any atom is -0.505 e. The van der Waals surface area contributed by atoms with E-state index in [1.165, 1.54) is 30.7 Å². The van der Waals surface area contributed by atoms with Crippen molar-refractivity contribution in [3.05, 3.63) is 200 Å². The molecule has 0 spiro atoms. The third-order valence-electron chi connectivity index (χ3n) is 10.8. The normalized spacial score (nSPS) is 12.8. The number of pyridine rings is 4. The number of halogens is 9.